The van der Waals surface area contributed by atoms with Gasteiger partial charge in [-0.15, -0.1) is 0 Å². The van der Waals surface area contributed by atoms with Crippen molar-refractivity contribution in [2.24, 2.45) is 0 Å². The average Bonchev–Trinajstić information content (AvgIpc) is 2.47. The highest BCUT2D eigenvalue weighted by atomic mass is 79.9. The molecule has 0 fully saturated rings. The van der Waals surface area contributed by atoms with Gasteiger partial charge in [-0.1, -0.05) is 0 Å². The van der Waals surface area contributed by atoms with Crippen molar-refractivity contribution in [2.45, 2.75) is 0 Å². The number of H-pyrrole nitrogens is 1. The zero-order valence-electron chi connectivity index (χ0n) is 6.70. The molecule has 72 valence electrons. The molecule has 0 bridgehead atoms. The molecule has 14 heavy (non-hydrogen) atoms. The van der Waals surface area contributed by atoms with Crippen molar-refractivity contribution >= 4 is 32.9 Å². The van der Waals surface area contributed by atoms with Gasteiger partial charge in [0.1, 0.15) is 5.56 Å². The lowest BCUT2D eigenvalue weighted by atomic mass is 10.2. The normalized spacial score (nSPS) is 10.6. The Morgan fingerprint density at radius 3 is 2.93 bits per heavy atom. The van der Waals surface area contributed by atoms with Crippen molar-refractivity contribution in [3.05, 3.63) is 32.8 Å². The van der Waals surface area contributed by atoms with Gasteiger partial charge in [0.05, 0.1) is 5.39 Å². The number of rotatable bonds is 1. The van der Waals surface area contributed by atoms with Crippen molar-refractivity contribution < 1.29 is 14.3 Å². The van der Waals surface area contributed by atoms with E-state index < -0.39 is 5.97 Å². The van der Waals surface area contributed by atoms with E-state index in [1.165, 1.54) is 6.07 Å². The molecule has 0 atom stereocenters. The number of carbonyl (C=O) groups is 1. The molecule has 2 rings (SSSR count). The molecule has 6 heteroatoms. The van der Waals surface area contributed by atoms with Gasteiger partial charge in [-0.3, -0.25) is 4.79 Å². The SMILES string of the molecule is O=C(O)c1c[nH]c(=O)c2cc(Br)oc12. The molecule has 0 spiro atoms. The van der Waals surface area contributed by atoms with Crippen LogP contribution in [0.25, 0.3) is 11.0 Å². The van der Waals surface area contributed by atoms with E-state index >= 15 is 0 Å². The standard InChI is InChI=1S/C8H4BrNO4/c9-5-1-3-6(14-5)4(8(12)13)2-10-7(3)11/h1-2H,(H,10,11)(H,12,13). The van der Waals surface area contributed by atoms with E-state index in [0.717, 1.165) is 6.20 Å². The maximum absolute atomic E-state index is 11.2. The first-order chi connectivity index (χ1) is 6.59. The minimum Gasteiger partial charge on any atom is -0.477 e. The van der Waals surface area contributed by atoms with Crippen LogP contribution in [0.5, 0.6) is 0 Å². The molecular weight excluding hydrogens is 254 g/mol. The summed E-state index contributed by atoms with van der Waals surface area (Å²) in [6.07, 6.45) is 1.11. The summed E-state index contributed by atoms with van der Waals surface area (Å²) >= 11 is 3.03. The van der Waals surface area contributed by atoms with Crippen LogP contribution in [0.15, 0.2) is 26.1 Å². The quantitative estimate of drug-likeness (QED) is 0.813. The van der Waals surface area contributed by atoms with E-state index in [9.17, 15) is 9.59 Å². The van der Waals surface area contributed by atoms with Crippen molar-refractivity contribution in [1.29, 1.82) is 0 Å². The zero-order valence-corrected chi connectivity index (χ0v) is 8.29. The van der Waals surface area contributed by atoms with Crippen molar-refractivity contribution in [3.63, 3.8) is 0 Å². The number of hydrogen-bond acceptors (Lipinski definition) is 3. The lowest BCUT2D eigenvalue weighted by Gasteiger charge is -1.93. The highest BCUT2D eigenvalue weighted by Crippen LogP contribution is 2.23. The molecule has 5 nitrogen and oxygen atoms in total. The minimum absolute atomic E-state index is 0.0645. The third-order valence-corrected chi connectivity index (χ3v) is 2.16. The molecule has 0 aromatic carbocycles. The van der Waals surface area contributed by atoms with Crippen LogP contribution in [0.3, 0.4) is 0 Å². The van der Waals surface area contributed by atoms with Gasteiger partial charge in [-0.2, -0.15) is 0 Å². The van der Waals surface area contributed by atoms with Crippen LogP contribution in [0, 0.1) is 0 Å². The van der Waals surface area contributed by atoms with Crippen LogP contribution in [0.1, 0.15) is 10.4 Å². The maximum atomic E-state index is 11.2. The number of aromatic amines is 1. The summed E-state index contributed by atoms with van der Waals surface area (Å²) in [6.45, 7) is 0. The monoisotopic (exact) mass is 257 g/mol. The number of carboxylic acids is 1. The first kappa shape index (κ1) is 9.01. The summed E-state index contributed by atoms with van der Waals surface area (Å²) in [6, 6.07) is 1.43. The number of aromatic carboxylic acids is 1. The van der Waals surface area contributed by atoms with E-state index in [2.05, 4.69) is 20.9 Å². The third-order valence-electron chi connectivity index (χ3n) is 1.77. The molecule has 0 unspecified atom stereocenters. The Morgan fingerprint density at radius 1 is 1.57 bits per heavy atom. The smallest absolute Gasteiger partial charge is 0.341 e. The molecule has 0 aliphatic carbocycles. The Hall–Kier alpha value is -1.56. The van der Waals surface area contributed by atoms with Gasteiger partial charge in [0.25, 0.3) is 5.56 Å². The fourth-order valence-electron chi connectivity index (χ4n) is 1.17. The number of aromatic nitrogens is 1. The molecule has 2 heterocycles. The molecule has 0 amide bonds. The van der Waals surface area contributed by atoms with Gasteiger partial charge in [-0.05, 0) is 15.9 Å². The van der Waals surface area contributed by atoms with Crippen molar-refractivity contribution in [1.82, 2.24) is 4.98 Å². The molecule has 0 saturated heterocycles. The Labute approximate surface area is 85.5 Å². The van der Waals surface area contributed by atoms with Gasteiger partial charge < -0.3 is 14.5 Å². The second-order valence-corrected chi connectivity index (χ2v) is 3.41. The van der Waals surface area contributed by atoms with Gasteiger partial charge in [0.2, 0.25) is 0 Å². The largest absolute Gasteiger partial charge is 0.477 e. The summed E-state index contributed by atoms with van der Waals surface area (Å²) in [5.74, 6) is -1.15. The molecular formula is C8H4BrNO4. The van der Waals surface area contributed by atoms with Crippen LogP contribution in [-0.4, -0.2) is 16.1 Å². The first-order valence-corrected chi connectivity index (χ1v) is 4.43. The minimum atomic E-state index is -1.15. The van der Waals surface area contributed by atoms with Gasteiger partial charge in [-0.25, -0.2) is 4.79 Å². The number of fused-ring (bicyclic) bond motifs is 1. The summed E-state index contributed by atoms with van der Waals surface area (Å²) in [4.78, 5) is 24.3. The lowest BCUT2D eigenvalue weighted by Crippen LogP contribution is -2.08. The van der Waals surface area contributed by atoms with E-state index in [4.69, 9.17) is 9.52 Å². The topological polar surface area (TPSA) is 83.3 Å². The first-order valence-electron chi connectivity index (χ1n) is 3.63. The lowest BCUT2D eigenvalue weighted by molar-refractivity contribution is 0.0697. The molecule has 2 aromatic heterocycles. The number of nitrogens with one attached hydrogen (secondary N) is 1. The second kappa shape index (κ2) is 2.98. The highest BCUT2D eigenvalue weighted by Gasteiger charge is 2.15. The van der Waals surface area contributed by atoms with E-state index in [1.807, 2.05) is 0 Å². The molecule has 0 radical (unpaired) electrons. The number of pyridine rings is 1. The summed E-state index contributed by atoms with van der Waals surface area (Å²) in [5.41, 5.74) is -0.363. The molecule has 0 aliphatic heterocycles. The second-order valence-electron chi connectivity index (χ2n) is 2.63. The van der Waals surface area contributed by atoms with Crippen molar-refractivity contribution in [2.75, 3.05) is 0 Å². The van der Waals surface area contributed by atoms with Crippen LogP contribution in [0.4, 0.5) is 0 Å². The number of halogens is 1. The van der Waals surface area contributed by atoms with Crippen LogP contribution >= 0.6 is 15.9 Å². The molecule has 2 aromatic rings. The van der Waals surface area contributed by atoms with Crippen molar-refractivity contribution in [3.8, 4) is 0 Å². The molecule has 0 saturated carbocycles. The summed E-state index contributed by atoms with van der Waals surface area (Å²) in [7, 11) is 0. The molecule has 2 N–H and O–H groups in total. The Bertz CT molecular complexity index is 568. The number of hydrogen-bond donors (Lipinski definition) is 2. The zero-order chi connectivity index (χ0) is 10.3. The Morgan fingerprint density at radius 2 is 2.29 bits per heavy atom. The van der Waals surface area contributed by atoms with Gasteiger partial charge in [0.15, 0.2) is 10.3 Å². The van der Waals surface area contributed by atoms with Gasteiger partial charge in [0, 0.05) is 12.3 Å². The highest BCUT2D eigenvalue weighted by molar-refractivity contribution is 9.10. The average molecular weight is 258 g/mol. The predicted octanol–water partition coefficient (Wildman–Crippen LogP) is 1.58. The Balaban J connectivity index is 2.95. The Kier molecular flexibility index (Phi) is 1.92. The fourth-order valence-corrected chi connectivity index (χ4v) is 1.56. The summed E-state index contributed by atoms with van der Waals surface area (Å²) < 4.78 is 5.38. The third kappa shape index (κ3) is 1.24. The summed E-state index contributed by atoms with van der Waals surface area (Å²) in [5, 5.41) is 9.00. The number of furan rings is 1. The van der Waals surface area contributed by atoms with Gasteiger partial charge >= 0.3 is 5.97 Å². The van der Waals surface area contributed by atoms with Crippen LogP contribution in [-0.2, 0) is 0 Å². The molecule has 0 aliphatic rings. The number of carboxylic acid groups (broad SMARTS) is 1. The maximum Gasteiger partial charge on any atom is 0.341 e. The van der Waals surface area contributed by atoms with E-state index in [-0.39, 0.29) is 22.1 Å². The van der Waals surface area contributed by atoms with E-state index in [0.29, 0.717) is 4.67 Å². The van der Waals surface area contributed by atoms with Crippen LogP contribution < -0.4 is 5.56 Å². The van der Waals surface area contributed by atoms with E-state index in [1.54, 1.807) is 0 Å². The fraction of sp³-hybridized carbons (Fsp3) is 0. The predicted molar refractivity (Wildman–Crippen MR) is 51.5 cm³/mol. The van der Waals surface area contributed by atoms with Crippen LogP contribution in [0.2, 0.25) is 0 Å².